The lowest BCUT2D eigenvalue weighted by Gasteiger charge is -2.21. The highest BCUT2D eigenvalue weighted by Crippen LogP contribution is 2.31. The highest BCUT2D eigenvalue weighted by molar-refractivity contribution is 7.08. The number of thiophene rings is 1. The normalized spacial score (nSPS) is 12.7. The molecule has 0 saturated heterocycles. The number of hydrogen-bond acceptors (Lipinski definition) is 3. The molecule has 2 nitrogen and oxygen atoms in total. The summed E-state index contributed by atoms with van der Waals surface area (Å²) in [7, 11) is 0. The van der Waals surface area contributed by atoms with E-state index in [0.717, 1.165) is 13.0 Å². The van der Waals surface area contributed by atoms with Gasteiger partial charge in [-0.15, -0.1) is 0 Å². The van der Waals surface area contributed by atoms with E-state index in [2.05, 4.69) is 59.2 Å². The van der Waals surface area contributed by atoms with Crippen molar-refractivity contribution >= 4 is 22.1 Å². The Bertz CT molecular complexity index is 727. The van der Waals surface area contributed by atoms with Gasteiger partial charge in [0.05, 0.1) is 6.04 Å². The van der Waals surface area contributed by atoms with Crippen LogP contribution in [-0.2, 0) is 0 Å². The molecule has 1 unspecified atom stereocenters. The highest BCUT2D eigenvalue weighted by Gasteiger charge is 2.18. The van der Waals surface area contributed by atoms with Gasteiger partial charge < -0.3 is 5.32 Å². The molecule has 21 heavy (non-hydrogen) atoms. The van der Waals surface area contributed by atoms with Crippen molar-refractivity contribution in [3.05, 3.63) is 64.1 Å². The first-order valence-corrected chi connectivity index (χ1v) is 8.34. The first-order valence-electron chi connectivity index (χ1n) is 7.40. The van der Waals surface area contributed by atoms with Crippen LogP contribution in [0.4, 0.5) is 0 Å². The molecule has 1 N–H and O–H groups in total. The molecule has 0 spiro atoms. The van der Waals surface area contributed by atoms with E-state index in [0.29, 0.717) is 0 Å². The van der Waals surface area contributed by atoms with Crippen LogP contribution >= 0.6 is 11.3 Å². The minimum atomic E-state index is 0.252. The second-order valence-corrected chi connectivity index (χ2v) is 6.08. The molecular formula is C18H20N2S. The first kappa shape index (κ1) is 14.2. The van der Waals surface area contributed by atoms with Gasteiger partial charge in [0.1, 0.15) is 0 Å². The van der Waals surface area contributed by atoms with E-state index in [9.17, 15) is 0 Å². The van der Waals surface area contributed by atoms with Crippen molar-refractivity contribution in [3.8, 4) is 0 Å². The summed E-state index contributed by atoms with van der Waals surface area (Å²) in [4.78, 5) is 4.24. The molecule has 0 radical (unpaired) electrons. The highest BCUT2D eigenvalue weighted by atomic mass is 32.1. The van der Waals surface area contributed by atoms with Crippen molar-refractivity contribution in [2.45, 2.75) is 26.3 Å². The number of pyridine rings is 1. The largest absolute Gasteiger partial charge is 0.306 e. The third-order valence-electron chi connectivity index (χ3n) is 3.83. The SMILES string of the molecule is CCCNC(c1cscc1C)c1cccc2cnccc12. The van der Waals surface area contributed by atoms with Crippen LogP contribution in [0.15, 0.2) is 47.4 Å². The molecule has 3 aromatic rings. The van der Waals surface area contributed by atoms with Crippen LogP contribution in [0.1, 0.15) is 36.1 Å². The maximum absolute atomic E-state index is 4.24. The molecule has 108 valence electrons. The predicted octanol–water partition coefficient (Wildman–Crippen LogP) is 4.69. The van der Waals surface area contributed by atoms with Gasteiger partial charge in [-0.25, -0.2) is 0 Å². The Morgan fingerprint density at radius 3 is 2.86 bits per heavy atom. The molecule has 2 aromatic heterocycles. The van der Waals surface area contributed by atoms with E-state index in [4.69, 9.17) is 0 Å². The number of hydrogen-bond donors (Lipinski definition) is 1. The van der Waals surface area contributed by atoms with Gasteiger partial charge in [-0.3, -0.25) is 4.98 Å². The minimum Gasteiger partial charge on any atom is -0.306 e. The van der Waals surface area contributed by atoms with E-state index in [1.165, 1.54) is 27.5 Å². The molecule has 0 fully saturated rings. The first-order chi connectivity index (χ1) is 10.3. The molecule has 1 atom stereocenters. The topological polar surface area (TPSA) is 24.9 Å². The average molecular weight is 296 g/mol. The Kier molecular flexibility index (Phi) is 4.32. The average Bonchev–Trinajstić information content (AvgIpc) is 2.94. The maximum Gasteiger partial charge on any atom is 0.0593 e. The quantitative estimate of drug-likeness (QED) is 0.738. The van der Waals surface area contributed by atoms with E-state index in [1.54, 1.807) is 11.3 Å². The molecule has 0 aliphatic carbocycles. The van der Waals surface area contributed by atoms with Crippen molar-refractivity contribution < 1.29 is 0 Å². The Balaban J connectivity index is 2.12. The lowest BCUT2D eigenvalue weighted by atomic mass is 9.94. The number of rotatable bonds is 5. The van der Waals surface area contributed by atoms with Gasteiger partial charge >= 0.3 is 0 Å². The molecule has 0 bridgehead atoms. The lowest BCUT2D eigenvalue weighted by molar-refractivity contribution is 0.601. The van der Waals surface area contributed by atoms with Crippen LogP contribution in [0.5, 0.6) is 0 Å². The summed E-state index contributed by atoms with van der Waals surface area (Å²) in [6.07, 6.45) is 4.95. The Labute approximate surface area is 129 Å². The van der Waals surface area contributed by atoms with E-state index < -0.39 is 0 Å². The van der Waals surface area contributed by atoms with Crippen molar-refractivity contribution in [2.75, 3.05) is 6.54 Å². The van der Waals surface area contributed by atoms with E-state index >= 15 is 0 Å². The molecule has 3 heteroatoms. The number of aromatic nitrogens is 1. The number of fused-ring (bicyclic) bond motifs is 1. The standard InChI is InChI=1S/C18H20N2S/c1-3-8-20-18(17-12-21-11-13(17)2)16-6-4-5-14-10-19-9-7-15(14)16/h4-7,9-12,18,20H,3,8H2,1-2H3. The van der Waals surface area contributed by atoms with E-state index in [-0.39, 0.29) is 6.04 Å². The summed E-state index contributed by atoms with van der Waals surface area (Å²) in [6, 6.07) is 8.85. The second kappa shape index (κ2) is 6.37. The molecular weight excluding hydrogens is 276 g/mol. The zero-order chi connectivity index (χ0) is 14.7. The number of nitrogens with one attached hydrogen (secondary N) is 1. The van der Waals surface area contributed by atoms with Crippen LogP contribution < -0.4 is 5.32 Å². The summed E-state index contributed by atoms with van der Waals surface area (Å²) in [6.45, 7) is 5.41. The summed E-state index contributed by atoms with van der Waals surface area (Å²) >= 11 is 1.78. The number of nitrogens with zero attached hydrogens (tertiary/aromatic N) is 1. The molecule has 3 rings (SSSR count). The summed E-state index contributed by atoms with van der Waals surface area (Å²) in [5, 5.41) is 10.7. The van der Waals surface area contributed by atoms with Crippen LogP contribution in [0.2, 0.25) is 0 Å². The third-order valence-corrected chi connectivity index (χ3v) is 4.71. The van der Waals surface area contributed by atoms with Gasteiger partial charge in [-0.2, -0.15) is 11.3 Å². The third kappa shape index (κ3) is 2.85. The number of benzene rings is 1. The maximum atomic E-state index is 4.24. The fraction of sp³-hybridized carbons (Fsp3) is 0.278. The van der Waals surface area contributed by atoms with Crippen LogP contribution in [0.25, 0.3) is 10.8 Å². The summed E-state index contributed by atoms with van der Waals surface area (Å²) < 4.78 is 0. The van der Waals surface area contributed by atoms with Crippen molar-refractivity contribution in [3.63, 3.8) is 0 Å². The zero-order valence-corrected chi connectivity index (χ0v) is 13.3. The van der Waals surface area contributed by atoms with Crippen LogP contribution in [-0.4, -0.2) is 11.5 Å². The van der Waals surface area contributed by atoms with Crippen molar-refractivity contribution in [1.29, 1.82) is 0 Å². The Hall–Kier alpha value is -1.71. The lowest BCUT2D eigenvalue weighted by Crippen LogP contribution is -2.23. The van der Waals surface area contributed by atoms with Crippen LogP contribution in [0.3, 0.4) is 0 Å². The molecule has 1 aromatic carbocycles. The van der Waals surface area contributed by atoms with Gasteiger partial charge in [-0.1, -0.05) is 25.1 Å². The van der Waals surface area contributed by atoms with Gasteiger partial charge in [0.2, 0.25) is 0 Å². The predicted molar refractivity (Wildman–Crippen MR) is 90.9 cm³/mol. The molecule has 2 heterocycles. The van der Waals surface area contributed by atoms with Gasteiger partial charge in [0.25, 0.3) is 0 Å². The molecule has 0 aliphatic rings. The summed E-state index contributed by atoms with van der Waals surface area (Å²) in [5.74, 6) is 0. The van der Waals surface area contributed by atoms with Gasteiger partial charge in [0, 0.05) is 17.8 Å². The van der Waals surface area contributed by atoms with Crippen LogP contribution in [0, 0.1) is 6.92 Å². The molecule has 0 aliphatic heterocycles. The molecule has 0 saturated carbocycles. The minimum absolute atomic E-state index is 0.252. The monoisotopic (exact) mass is 296 g/mol. The fourth-order valence-electron chi connectivity index (χ4n) is 2.74. The van der Waals surface area contributed by atoms with Gasteiger partial charge in [0.15, 0.2) is 0 Å². The van der Waals surface area contributed by atoms with E-state index in [1.807, 2.05) is 12.4 Å². The second-order valence-electron chi connectivity index (χ2n) is 5.34. The Morgan fingerprint density at radius 1 is 1.19 bits per heavy atom. The zero-order valence-electron chi connectivity index (χ0n) is 12.5. The molecule has 0 amide bonds. The Morgan fingerprint density at radius 2 is 2.10 bits per heavy atom. The van der Waals surface area contributed by atoms with Crippen molar-refractivity contribution in [1.82, 2.24) is 10.3 Å². The summed E-state index contributed by atoms with van der Waals surface area (Å²) in [5.41, 5.74) is 4.09. The van der Waals surface area contributed by atoms with Crippen molar-refractivity contribution in [2.24, 2.45) is 0 Å². The van der Waals surface area contributed by atoms with Gasteiger partial charge in [-0.05, 0) is 58.8 Å². The number of aryl methyl sites for hydroxylation is 1. The fourth-order valence-corrected chi connectivity index (χ4v) is 3.62. The smallest absolute Gasteiger partial charge is 0.0593 e.